The van der Waals surface area contributed by atoms with Crippen LogP contribution in [0.2, 0.25) is 0 Å². The van der Waals surface area contributed by atoms with Crippen molar-refractivity contribution in [1.29, 1.82) is 0 Å². The van der Waals surface area contributed by atoms with Crippen LogP contribution in [0.5, 0.6) is 0 Å². The molecule has 1 unspecified atom stereocenters. The maximum Gasteiger partial charge on any atom is 0.135 e. The van der Waals surface area contributed by atoms with Crippen LogP contribution < -0.4 is 9.80 Å². The van der Waals surface area contributed by atoms with Crippen molar-refractivity contribution < 1.29 is 4.42 Å². The zero-order valence-corrected chi connectivity index (χ0v) is 38.1. The number of benzene rings is 12. The molecule has 0 radical (unpaired) electrons. The molecule has 13 aromatic rings. The molecule has 326 valence electrons. The monoisotopic (exact) mass is 890 g/mol. The zero-order chi connectivity index (χ0) is 45.9. The number of hydrogen-bond donors (Lipinski definition) is 0. The van der Waals surface area contributed by atoms with Crippen molar-refractivity contribution in [2.45, 2.75) is 5.41 Å². The Labute approximate surface area is 405 Å². The summed E-state index contributed by atoms with van der Waals surface area (Å²) < 4.78 is 7.30. The summed E-state index contributed by atoms with van der Waals surface area (Å²) >= 11 is 0. The van der Waals surface area contributed by atoms with Crippen LogP contribution in [-0.2, 0) is 5.41 Å². The summed E-state index contributed by atoms with van der Waals surface area (Å²) in [6.45, 7) is 0. The summed E-state index contributed by atoms with van der Waals surface area (Å²) in [5.41, 5.74) is 15.3. The van der Waals surface area contributed by atoms with Gasteiger partial charge in [-0.2, -0.15) is 0 Å². The first-order valence-electron chi connectivity index (χ1n) is 24.2. The quantitative estimate of drug-likeness (QED) is 0.155. The summed E-state index contributed by atoms with van der Waals surface area (Å²) in [7, 11) is 0. The minimum atomic E-state index is -0.701. The third-order valence-corrected chi connectivity index (χ3v) is 15.2. The molecule has 2 aliphatic carbocycles. The van der Waals surface area contributed by atoms with Crippen LogP contribution in [-0.4, -0.2) is 0 Å². The van der Waals surface area contributed by atoms with Crippen LogP contribution in [0.3, 0.4) is 0 Å². The molecular formula is C67H42N2O. The van der Waals surface area contributed by atoms with Crippen LogP contribution in [0.4, 0.5) is 34.1 Å². The van der Waals surface area contributed by atoms with Gasteiger partial charge in [0, 0.05) is 44.5 Å². The molecule has 0 bridgehead atoms. The molecule has 1 heterocycles. The van der Waals surface area contributed by atoms with Gasteiger partial charge in [0.1, 0.15) is 16.8 Å². The lowest BCUT2D eigenvalue weighted by Crippen LogP contribution is -2.25. The molecule has 0 saturated heterocycles. The van der Waals surface area contributed by atoms with Crippen LogP contribution >= 0.6 is 0 Å². The SMILES string of the molecule is c1ccc(N(c2ccc3c(c2)-c2ccccc2C32c3ccc(N(c4ccccc4)c4cc5ccccc5c5ccccc45)cc3-c3c2oc2ccccc32)c2cc3ccccc3c3ccccc23)cc1. The first-order valence-corrected chi connectivity index (χ1v) is 24.2. The van der Waals surface area contributed by atoms with E-state index in [4.69, 9.17) is 4.42 Å². The number of nitrogens with zero attached hydrogens (tertiary/aromatic N) is 2. The van der Waals surface area contributed by atoms with Crippen molar-refractivity contribution in [2.24, 2.45) is 0 Å². The normalized spacial score (nSPS) is 14.3. The van der Waals surface area contributed by atoms with Crippen molar-refractivity contribution >= 4 is 88.2 Å². The molecule has 0 N–H and O–H groups in total. The van der Waals surface area contributed by atoms with Crippen molar-refractivity contribution in [3.63, 3.8) is 0 Å². The third-order valence-electron chi connectivity index (χ3n) is 15.2. The lowest BCUT2D eigenvalue weighted by Gasteiger charge is -2.31. The Morgan fingerprint density at radius 3 is 1.30 bits per heavy atom. The molecule has 3 nitrogen and oxygen atoms in total. The van der Waals surface area contributed by atoms with Crippen LogP contribution in [0.25, 0.3) is 76.3 Å². The smallest absolute Gasteiger partial charge is 0.135 e. The second-order valence-electron chi connectivity index (χ2n) is 18.7. The predicted molar refractivity (Wildman–Crippen MR) is 292 cm³/mol. The zero-order valence-electron chi connectivity index (χ0n) is 38.1. The lowest BCUT2D eigenvalue weighted by molar-refractivity contribution is 0.507. The molecule has 0 aliphatic heterocycles. The summed E-state index contributed by atoms with van der Waals surface area (Å²) in [6, 6.07) is 93.4. The number of fused-ring (bicyclic) bond motifs is 18. The minimum Gasteiger partial charge on any atom is -0.459 e. The summed E-state index contributed by atoms with van der Waals surface area (Å²) in [6.07, 6.45) is 0. The third kappa shape index (κ3) is 5.40. The van der Waals surface area contributed by atoms with Gasteiger partial charge in [0.15, 0.2) is 0 Å². The Morgan fingerprint density at radius 1 is 0.286 bits per heavy atom. The van der Waals surface area contributed by atoms with E-state index in [1.54, 1.807) is 0 Å². The van der Waals surface area contributed by atoms with Gasteiger partial charge in [-0.15, -0.1) is 0 Å². The molecule has 0 fully saturated rings. The van der Waals surface area contributed by atoms with Crippen molar-refractivity contribution in [1.82, 2.24) is 0 Å². The van der Waals surface area contributed by atoms with Crippen LogP contribution in [0, 0.1) is 0 Å². The van der Waals surface area contributed by atoms with E-state index in [1.807, 2.05) is 0 Å². The Morgan fingerprint density at radius 2 is 0.714 bits per heavy atom. The predicted octanol–water partition coefficient (Wildman–Crippen LogP) is 18.3. The highest BCUT2D eigenvalue weighted by atomic mass is 16.3. The van der Waals surface area contributed by atoms with Gasteiger partial charge in [0.25, 0.3) is 0 Å². The van der Waals surface area contributed by atoms with Gasteiger partial charge < -0.3 is 14.2 Å². The van der Waals surface area contributed by atoms with Crippen molar-refractivity contribution in [3.8, 4) is 22.3 Å². The highest BCUT2D eigenvalue weighted by molar-refractivity contribution is 6.16. The van der Waals surface area contributed by atoms with E-state index in [2.05, 4.69) is 265 Å². The van der Waals surface area contributed by atoms with E-state index in [0.29, 0.717) is 0 Å². The average Bonchev–Trinajstić information content (AvgIpc) is 4.05. The van der Waals surface area contributed by atoms with Gasteiger partial charge in [0.2, 0.25) is 0 Å². The van der Waals surface area contributed by atoms with Crippen molar-refractivity contribution in [3.05, 3.63) is 277 Å². The molecule has 1 spiro atoms. The maximum absolute atomic E-state index is 7.30. The molecule has 15 rings (SSSR count). The van der Waals surface area contributed by atoms with E-state index in [1.165, 1.54) is 76.5 Å². The van der Waals surface area contributed by atoms with Crippen molar-refractivity contribution in [2.75, 3.05) is 9.80 Å². The molecule has 1 atom stereocenters. The summed E-state index contributed by atoms with van der Waals surface area (Å²) in [4.78, 5) is 4.89. The van der Waals surface area contributed by atoms with Crippen LogP contribution in [0.1, 0.15) is 22.5 Å². The second kappa shape index (κ2) is 14.9. The summed E-state index contributed by atoms with van der Waals surface area (Å²) in [5, 5.41) is 10.9. The number of furan rings is 1. The molecule has 0 amide bonds. The highest BCUT2D eigenvalue weighted by Gasteiger charge is 2.55. The number of hydrogen-bond acceptors (Lipinski definition) is 3. The van der Waals surface area contributed by atoms with E-state index in [-0.39, 0.29) is 0 Å². The largest absolute Gasteiger partial charge is 0.459 e. The molecule has 70 heavy (non-hydrogen) atoms. The Bertz CT molecular complexity index is 4270. The van der Waals surface area contributed by atoms with E-state index >= 15 is 0 Å². The van der Waals surface area contributed by atoms with Gasteiger partial charge in [-0.1, -0.05) is 188 Å². The maximum atomic E-state index is 7.30. The van der Waals surface area contributed by atoms with Gasteiger partial charge in [-0.05, 0) is 132 Å². The van der Waals surface area contributed by atoms with Gasteiger partial charge in [0.05, 0.1) is 11.4 Å². The van der Waals surface area contributed by atoms with E-state index < -0.39 is 5.41 Å². The van der Waals surface area contributed by atoms with Gasteiger partial charge in [-0.25, -0.2) is 0 Å². The molecule has 3 heteroatoms. The highest BCUT2D eigenvalue weighted by Crippen LogP contribution is 2.65. The standard InChI is InChI=1S/C67H42N2O/c1-3-21-45(22-4-1)68(62-39-43-19-7-9-25-49(43)51-27-11-13-30-54(51)62)47-35-37-60-57(41-47)53-29-15-17-33-59(53)67(60)61-38-36-48(42-58(61)65-56-32-16-18-34-64(56)70-66(65)67)69(46-23-5-2-6-24-46)63-40-44-20-8-10-26-50(44)52-28-12-14-31-55(52)63/h1-42H. The first-order chi connectivity index (χ1) is 34.7. The van der Waals surface area contributed by atoms with Gasteiger partial charge >= 0.3 is 0 Å². The molecular weight excluding hydrogens is 849 g/mol. The fraction of sp³-hybridized carbons (Fsp3) is 0.0149. The minimum absolute atomic E-state index is 0.701. The molecule has 1 aromatic heterocycles. The number of para-hydroxylation sites is 3. The summed E-state index contributed by atoms with van der Waals surface area (Å²) in [5.74, 6) is 0.975. The average molecular weight is 891 g/mol. The van der Waals surface area contributed by atoms with Crippen LogP contribution in [0.15, 0.2) is 259 Å². The number of rotatable bonds is 6. The Balaban J connectivity index is 0.982. The first kappa shape index (κ1) is 38.9. The van der Waals surface area contributed by atoms with E-state index in [0.717, 1.165) is 56.4 Å². The Hall–Kier alpha value is -9.18. The van der Waals surface area contributed by atoms with E-state index in [9.17, 15) is 0 Å². The molecule has 12 aromatic carbocycles. The molecule has 0 saturated carbocycles. The fourth-order valence-corrected chi connectivity index (χ4v) is 12.3. The molecule has 2 aliphatic rings. The van der Waals surface area contributed by atoms with Gasteiger partial charge in [-0.3, -0.25) is 0 Å². The lowest BCUT2D eigenvalue weighted by atomic mass is 9.73. The Kier molecular flexibility index (Phi) is 8.28. The second-order valence-corrected chi connectivity index (χ2v) is 18.7. The topological polar surface area (TPSA) is 19.6 Å². The fourth-order valence-electron chi connectivity index (χ4n) is 12.3. The number of anilines is 6.